The second-order valence-electron chi connectivity index (χ2n) is 9.20. The molecule has 0 radical (unpaired) electrons. The van der Waals surface area contributed by atoms with Gasteiger partial charge in [-0.25, -0.2) is 0 Å². The number of alkyl halides is 3. The van der Waals surface area contributed by atoms with Crippen LogP contribution in [0.4, 0.5) is 13.2 Å². The van der Waals surface area contributed by atoms with Crippen molar-refractivity contribution in [3.8, 4) is 0 Å². The van der Waals surface area contributed by atoms with Gasteiger partial charge in [-0.3, -0.25) is 0 Å². The van der Waals surface area contributed by atoms with Gasteiger partial charge >= 0.3 is 214 Å². The third kappa shape index (κ3) is 3.00. The van der Waals surface area contributed by atoms with E-state index in [1.165, 1.54) is 12.1 Å². The van der Waals surface area contributed by atoms with E-state index < -0.39 is 18.6 Å². The summed E-state index contributed by atoms with van der Waals surface area (Å²) in [6.45, 7) is -4.42. The molecule has 0 spiro atoms. The van der Waals surface area contributed by atoms with Crippen LogP contribution in [0.15, 0.2) is 146 Å². The Balaban J connectivity index is 1.91. The predicted molar refractivity (Wildman–Crippen MR) is 146 cm³/mol. The molecule has 0 saturated heterocycles. The summed E-state index contributed by atoms with van der Waals surface area (Å²) >= 11 is 0. The maximum absolute atomic E-state index is 15.7. The average Bonchev–Trinajstić information content (AvgIpc) is 3.26. The van der Waals surface area contributed by atoms with Crippen LogP contribution >= 0.6 is 6.83 Å². The number of hydrogen-bond acceptors (Lipinski definition) is 1. The predicted octanol–water partition coefficient (Wildman–Crippen LogP) is 6.59. The quantitative estimate of drug-likeness (QED) is 0.247. The minimum atomic E-state index is -4.75. The van der Waals surface area contributed by atoms with Crippen molar-refractivity contribution in [1.82, 2.24) is 0 Å². The van der Waals surface area contributed by atoms with E-state index >= 15 is 13.2 Å². The van der Waals surface area contributed by atoms with E-state index in [0.717, 1.165) is 15.9 Å². The number of benzene rings is 5. The van der Waals surface area contributed by atoms with Gasteiger partial charge in [0.1, 0.15) is 0 Å². The Morgan fingerprint density at radius 3 is 1.30 bits per heavy atom. The molecule has 1 nitrogen and oxygen atoms in total. The first-order valence-corrected chi connectivity index (χ1v) is 14.2. The first-order chi connectivity index (χ1) is 17.9. The molecule has 1 aliphatic heterocycles. The summed E-state index contributed by atoms with van der Waals surface area (Å²) in [4.78, 5) is 0. The van der Waals surface area contributed by atoms with Crippen molar-refractivity contribution < 1.29 is 17.7 Å². The fraction of sp³-hybridized carbons (Fsp3) is 0.0625. The van der Waals surface area contributed by atoms with Crippen molar-refractivity contribution in [2.24, 2.45) is 0 Å². The third-order valence-electron chi connectivity index (χ3n) is 7.39. The molecule has 0 unspecified atom stereocenters. The Bertz CT molecular complexity index is 1440. The van der Waals surface area contributed by atoms with Crippen molar-refractivity contribution in [2.45, 2.75) is 11.8 Å². The molecule has 184 valence electrons. The second-order valence-corrected chi connectivity index (χ2v) is 13.5. The number of halogens is 3. The molecule has 1 heterocycles. The Morgan fingerprint density at radius 1 is 0.486 bits per heavy atom. The summed E-state index contributed by atoms with van der Waals surface area (Å²) in [5, 5.41) is 2.74. The number of rotatable bonds is 4. The van der Waals surface area contributed by atoms with Gasteiger partial charge in [0, 0.05) is 0 Å². The Kier molecular flexibility index (Phi) is 5.38. The molecule has 5 aromatic carbocycles. The van der Waals surface area contributed by atoms with Crippen LogP contribution in [0.1, 0.15) is 11.1 Å². The molecule has 1 aliphatic rings. The molecule has 5 aromatic rings. The minimum absolute atomic E-state index is 0.0595. The normalized spacial score (nSPS) is 20.9. The van der Waals surface area contributed by atoms with Crippen LogP contribution in [0.3, 0.4) is 0 Å². The molecule has 0 N–H and O–H groups in total. The molecule has 0 saturated carbocycles. The summed E-state index contributed by atoms with van der Waals surface area (Å²) in [7, 11) is 0. The van der Waals surface area contributed by atoms with Gasteiger partial charge in [-0.1, -0.05) is 0 Å². The average molecular weight is 513 g/mol. The topological polar surface area (TPSA) is 9.23 Å². The summed E-state index contributed by atoms with van der Waals surface area (Å²) < 4.78 is 54.3. The standard InChI is InChI=1S/C32H24F3OP/c33-32(34,35)31(25-15-5-1-6-16-25)29-23-13-14-24-30(29)37(36-31,26-17-7-2-8-18-26,27-19-9-3-10-20-27)28-21-11-4-12-22-28/h1-24H/t31-/m0/s1. The van der Waals surface area contributed by atoms with Gasteiger partial charge in [-0.2, -0.15) is 0 Å². The monoisotopic (exact) mass is 512 g/mol. The van der Waals surface area contributed by atoms with Crippen molar-refractivity contribution >= 4 is 28.0 Å². The van der Waals surface area contributed by atoms with Crippen LogP contribution in [0.5, 0.6) is 0 Å². The van der Waals surface area contributed by atoms with Crippen LogP contribution in [0, 0.1) is 0 Å². The molecule has 0 aromatic heterocycles. The molecule has 6 rings (SSSR count). The van der Waals surface area contributed by atoms with E-state index in [1.54, 1.807) is 30.3 Å². The maximum atomic E-state index is 15.7. The van der Waals surface area contributed by atoms with E-state index in [4.69, 9.17) is 4.52 Å². The van der Waals surface area contributed by atoms with Crippen LogP contribution in [-0.2, 0) is 10.1 Å². The Hall–Kier alpha value is -3.72. The zero-order chi connectivity index (χ0) is 25.6. The Labute approximate surface area is 214 Å². The van der Waals surface area contributed by atoms with E-state index in [1.807, 2.05) is 103 Å². The number of fused-ring (bicyclic) bond motifs is 1. The molecule has 0 fully saturated rings. The van der Waals surface area contributed by atoms with Crippen LogP contribution in [0.25, 0.3) is 0 Å². The molecular formula is C32H24F3OP. The molecule has 37 heavy (non-hydrogen) atoms. The van der Waals surface area contributed by atoms with Gasteiger partial charge in [0.25, 0.3) is 0 Å². The fourth-order valence-electron chi connectivity index (χ4n) is 5.92. The van der Waals surface area contributed by atoms with Crippen molar-refractivity contribution in [3.05, 3.63) is 157 Å². The molecule has 5 heteroatoms. The van der Waals surface area contributed by atoms with Gasteiger partial charge in [0.05, 0.1) is 0 Å². The van der Waals surface area contributed by atoms with Crippen LogP contribution < -0.4 is 21.2 Å². The molecule has 0 bridgehead atoms. The summed E-state index contributed by atoms with van der Waals surface area (Å²) in [5.74, 6) is 0. The van der Waals surface area contributed by atoms with Gasteiger partial charge in [-0.05, 0) is 0 Å². The first-order valence-electron chi connectivity index (χ1n) is 12.1. The molecular weight excluding hydrogens is 488 g/mol. The van der Waals surface area contributed by atoms with Crippen molar-refractivity contribution in [3.63, 3.8) is 0 Å². The van der Waals surface area contributed by atoms with E-state index in [0.29, 0.717) is 5.30 Å². The zero-order valence-electron chi connectivity index (χ0n) is 19.8. The van der Waals surface area contributed by atoms with Crippen LogP contribution in [0.2, 0.25) is 0 Å². The zero-order valence-corrected chi connectivity index (χ0v) is 20.7. The second kappa shape index (κ2) is 8.41. The molecule has 0 aliphatic carbocycles. The van der Waals surface area contributed by atoms with E-state index in [-0.39, 0.29) is 11.1 Å². The fourth-order valence-corrected chi connectivity index (χ4v) is 12.2. The third-order valence-corrected chi connectivity index (χ3v) is 13.2. The molecule has 1 atom stereocenters. The van der Waals surface area contributed by atoms with Gasteiger partial charge < -0.3 is 0 Å². The molecule has 0 amide bonds. The summed E-state index contributed by atoms with van der Waals surface area (Å²) in [5.41, 5.74) is -2.49. The van der Waals surface area contributed by atoms with Crippen molar-refractivity contribution in [2.75, 3.05) is 0 Å². The summed E-state index contributed by atoms with van der Waals surface area (Å²) in [6.07, 6.45) is -4.75. The van der Waals surface area contributed by atoms with E-state index in [2.05, 4.69) is 0 Å². The van der Waals surface area contributed by atoms with E-state index in [9.17, 15) is 0 Å². The van der Waals surface area contributed by atoms with Crippen molar-refractivity contribution in [1.29, 1.82) is 0 Å². The van der Waals surface area contributed by atoms with Gasteiger partial charge in [0.15, 0.2) is 0 Å². The van der Waals surface area contributed by atoms with Gasteiger partial charge in [0.2, 0.25) is 0 Å². The Morgan fingerprint density at radius 2 is 0.865 bits per heavy atom. The SMILES string of the molecule is FC(F)(F)[C@@]1(c2ccccc2)OP(c2ccccc2)(c2ccccc2)(c2ccccc2)c2ccccc21. The number of hydrogen-bond donors (Lipinski definition) is 0. The first kappa shape index (κ1) is 23.7. The van der Waals surface area contributed by atoms with Gasteiger partial charge in [-0.15, -0.1) is 0 Å². The summed E-state index contributed by atoms with van der Waals surface area (Å²) in [6, 6.07) is 43.2. The van der Waals surface area contributed by atoms with Crippen LogP contribution in [-0.4, -0.2) is 6.18 Å².